The normalized spacial score (nSPS) is 21.8. The minimum absolute atomic E-state index is 0.0236. The number of hydrogen-bond acceptors (Lipinski definition) is 3. The van der Waals surface area contributed by atoms with E-state index in [0.717, 1.165) is 25.7 Å². The molecule has 1 amide bonds. The molecule has 0 saturated heterocycles. The number of aromatic carboxylic acids is 1. The van der Waals surface area contributed by atoms with E-state index in [1.165, 1.54) is 18.2 Å². The standard InChI is InChI=1S/C15H18ClNO4/c16-11-5-10(15(20)21)6-12(8-11)17-14(19)7-9-3-1-2-4-13(9)18/h5-6,8-9,13,18H,1-4,7H2,(H,17,19)(H,20,21)/t9-,13+/m1/s1. The van der Waals surface area contributed by atoms with Gasteiger partial charge in [0.15, 0.2) is 0 Å². The molecule has 21 heavy (non-hydrogen) atoms. The predicted octanol–water partition coefficient (Wildman–Crippen LogP) is 2.92. The Morgan fingerprint density at radius 1 is 1.24 bits per heavy atom. The van der Waals surface area contributed by atoms with Crippen LogP contribution in [0.2, 0.25) is 5.02 Å². The van der Waals surface area contributed by atoms with Crippen molar-refractivity contribution in [3.05, 3.63) is 28.8 Å². The molecule has 114 valence electrons. The van der Waals surface area contributed by atoms with Gasteiger partial charge in [-0.15, -0.1) is 0 Å². The number of anilines is 1. The van der Waals surface area contributed by atoms with Crippen LogP contribution in [0.15, 0.2) is 18.2 Å². The van der Waals surface area contributed by atoms with Gasteiger partial charge in [-0.2, -0.15) is 0 Å². The fraction of sp³-hybridized carbons (Fsp3) is 0.467. The molecule has 1 aliphatic carbocycles. The number of nitrogens with one attached hydrogen (secondary N) is 1. The fourth-order valence-electron chi connectivity index (χ4n) is 2.66. The molecule has 0 bridgehead atoms. The third kappa shape index (κ3) is 4.44. The van der Waals surface area contributed by atoms with E-state index < -0.39 is 12.1 Å². The van der Waals surface area contributed by atoms with Crippen LogP contribution in [0.3, 0.4) is 0 Å². The average Bonchev–Trinajstić information content (AvgIpc) is 2.40. The van der Waals surface area contributed by atoms with Gasteiger partial charge < -0.3 is 15.5 Å². The highest BCUT2D eigenvalue weighted by Gasteiger charge is 2.25. The van der Waals surface area contributed by atoms with Crippen molar-refractivity contribution in [3.8, 4) is 0 Å². The molecule has 3 N–H and O–H groups in total. The number of carboxylic acid groups (broad SMARTS) is 1. The maximum Gasteiger partial charge on any atom is 0.335 e. The molecule has 2 rings (SSSR count). The van der Waals surface area contributed by atoms with E-state index in [-0.39, 0.29) is 28.8 Å². The van der Waals surface area contributed by atoms with Crippen LogP contribution in [0, 0.1) is 5.92 Å². The second-order valence-electron chi connectivity index (χ2n) is 5.40. The monoisotopic (exact) mass is 311 g/mol. The first-order valence-electron chi connectivity index (χ1n) is 6.97. The van der Waals surface area contributed by atoms with Gasteiger partial charge in [-0.3, -0.25) is 4.79 Å². The summed E-state index contributed by atoms with van der Waals surface area (Å²) >= 11 is 5.84. The Bertz CT molecular complexity index is 546. The van der Waals surface area contributed by atoms with Crippen molar-refractivity contribution in [1.29, 1.82) is 0 Å². The van der Waals surface area contributed by atoms with Crippen LogP contribution in [0.4, 0.5) is 5.69 Å². The summed E-state index contributed by atoms with van der Waals surface area (Å²) < 4.78 is 0. The quantitative estimate of drug-likeness (QED) is 0.798. The van der Waals surface area contributed by atoms with Crippen LogP contribution in [-0.4, -0.2) is 28.2 Å². The van der Waals surface area contributed by atoms with Crippen molar-refractivity contribution in [3.63, 3.8) is 0 Å². The molecule has 6 heteroatoms. The van der Waals surface area contributed by atoms with Crippen molar-refractivity contribution in [1.82, 2.24) is 0 Å². The number of aliphatic hydroxyl groups is 1. The Morgan fingerprint density at radius 3 is 2.62 bits per heavy atom. The van der Waals surface area contributed by atoms with Crippen molar-refractivity contribution >= 4 is 29.2 Å². The van der Waals surface area contributed by atoms with Crippen LogP contribution < -0.4 is 5.32 Å². The Hall–Kier alpha value is -1.59. The Morgan fingerprint density at radius 2 is 1.95 bits per heavy atom. The van der Waals surface area contributed by atoms with Crippen LogP contribution in [-0.2, 0) is 4.79 Å². The first kappa shape index (κ1) is 15.8. The number of halogens is 1. The SMILES string of the molecule is O=C(C[C@H]1CCCC[C@@H]1O)Nc1cc(Cl)cc(C(=O)O)c1. The molecule has 0 aliphatic heterocycles. The van der Waals surface area contributed by atoms with E-state index in [4.69, 9.17) is 16.7 Å². The highest BCUT2D eigenvalue weighted by Crippen LogP contribution is 2.27. The van der Waals surface area contributed by atoms with E-state index in [2.05, 4.69) is 5.32 Å². The molecular formula is C15H18ClNO4. The maximum absolute atomic E-state index is 12.0. The summed E-state index contributed by atoms with van der Waals surface area (Å²) in [5.41, 5.74) is 0.380. The van der Waals surface area contributed by atoms with E-state index in [9.17, 15) is 14.7 Å². The van der Waals surface area contributed by atoms with Gasteiger partial charge in [0, 0.05) is 17.1 Å². The summed E-state index contributed by atoms with van der Waals surface area (Å²) in [7, 11) is 0. The summed E-state index contributed by atoms with van der Waals surface area (Å²) in [6, 6.07) is 4.19. The van der Waals surface area contributed by atoms with Gasteiger partial charge in [0.2, 0.25) is 5.91 Å². The minimum Gasteiger partial charge on any atom is -0.478 e. The molecule has 1 fully saturated rings. The lowest BCUT2D eigenvalue weighted by atomic mass is 9.84. The van der Waals surface area contributed by atoms with E-state index in [1.54, 1.807) is 0 Å². The second kappa shape index (κ2) is 6.91. The Labute approximate surface area is 127 Å². The summed E-state index contributed by atoms with van der Waals surface area (Å²) in [6.45, 7) is 0. The lowest BCUT2D eigenvalue weighted by Gasteiger charge is -2.26. The lowest BCUT2D eigenvalue weighted by Crippen LogP contribution is -2.28. The zero-order valence-corrected chi connectivity index (χ0v) is 12.3. The van der Waals surface area contributed by atoms with E-state index >= 15 is 0 Å². The zero-order chi connectivity index (χ0) is 15.4. The van der Waals surface area contributed by atoms with Crippen molar-refractivity contribution < 1.29 is 19.8 Å². The summed E-state index contributed by atoms with van der Waals surface area (Å²) in [4.78, 5) is 23.0. The van der Waals surface area contributed by atoms with Crippen LogP contribution in [0.25, 0.3) is 0 Å². The summed E-state index contributed by atoms with van der Waals surface area (Å²) in [6.07, 6.45) is 3.39. The number of carbonyl (C=O) groups excluding carboxylic acids is 1. The topological polar surface area (TPSA) is 86.6 Å². The lowest BCUT2D eigenvalue weighted by molar-refractivity contribution is -0.118. The highest BCUT2D eigenvalue weighted by atomic mass is 35.5. The Kier molecular flexibility index (Phi) is 5.20. The predicted molar refractivity (Wildman–Crippen MR) is 79.6 cm³/mol. The molecule has 0 spiro atoms. The second-order valence-corrected chi connectivity index (χ2v) is 5.83. The first-order valence-corrected chi connectivity index (χ1v) is 7.35. The number of aliphatic hydroxyl groups excluding tert-OH is 1. The smallest absolute Gasteiger partial charge is 0.335 e. The zero-order valence-electron chi connectivity index (χ0n) is 11.5. The summed E-state index contributed by atoms with van der Waals surface area (Å²) in [5, 5.41) is 21.7. The van der Waals surface area contributed by atoms with E-state index in [1.807, 2.05) is 0 Å². The van der Waals surface area contributed by atoms with Gasteiger partial charge in [-0.1, -0.05) is 24.4 Å². The number of carbonyl (C=O) groups is 2. The van der Waals surface area contributed by atoms with Gasteiger partial charge in [-0.25, -0.2) is 4.79 Å². The molecule has 0 aromatic heterocycles. The van der Waals surface area contributed by atoms with Gasteiger partial charge in [-0.05, 0) is 37.0 Å². The summed E-state index contributed by atoms with van der Waals surface area (Å²) in [5.74, 6) is -1.37. The fourth-order valence-corrected chi connectivity index (χ4v) is 2.90. The molecular weight excluding hydrogens is 294 g/mol. The third-order valence-electron chi connectivity index (χ3n) is 3.75. The molecule has 0 radical (unpaired) electrons. The molecule has 0 unspecified atom stereocenters. The van der Waals surface area contributed by atoms with Crippen molar-refractivity contribution in [2.75, 3.05) is 5.32 Å². The minimum atomic E-state index is -1.10. The average molecular weight is 312 g/mol. The number of hydrogen-bond donors (Lipinski definition) is 3. The number of carboxylic acids is 1. The van der Waals surface area contributed by atoms with Crippen LogP contribution >= 0.6 is 11.6 Å². The molecule has 0 heterocycles. The van der Waals surface area contributed by atoms with Gasteiger partial charge in [0.1, 0.15) is 0 Å². The number of benzene rings is 1. The molecule has 2 atom stereocenters. The molecule has 1 aliphatic rings. The first-order chi connectivity index (χ1) is 9.95. The van der Waals surface area contributed by atoms with Crippen LogP contribution in [0.5, 0.6) is 0 Å². The highest BCUT2D eigenvalue weighted by molar-refractivity contribution is 6.31. The largest absolute Gasteiger partial charge is 0.478 e. The maximum atomic E-state index is 12.0. The number of amides is 1. The van der Waals surface area contributed by atoms with Crippen molar-refractivity contribution in [2.24, 2.45) is 5.92 Å². The molecule has 1 aromatic carbocycles. The van der Waals surface area contributed by atoms with Crippen LogP contribution in [0.1, 0.15) is 42.5 Å². The third-order valence-corrected chi connectivity index (χ3v) is 3.96. The van der Waals surface area contributed by atoms with Gasteiger partial charge in [0.05, 0.1) is 11.7 Å². The molecule has 1 saturated carbocycles. The molecule has 5 nitrogen and oxygen atoms in total. The molecule has 1 aromatic rings. The Balaban J connectivity index is 2.00. The van der Waals surface area contributed by atoms with Gasteiger partial charge >= 0.3 is 5.97 Å². The van der Waals surface area contributed by atoms with E-state index in [0.29, 0.717) is 5.69 Å². The van der Waals surface area contributed by atoms with Crippen molar-refractivity contribution in [2.45, 2.75) is 38.2 Å². The van der Waals surface area contributed by atoms with Gasteiger partial charge in [0.25, 0.3) is 0 Å². The number of rotatable bonds is 4.